The second-order valence-electron chi connectivity index (χ2n) is 5.96. The molecule has 0 unspecified atom stereocenters. The molecule has 0 atom stereocenters. The number of amides is 2. The summed E-state index contributed by atoms with van der Waals surface area (Å²) in [4.78, 5) is 35.7. The summed E-state index contributed by atoms with van der Waals surface area (Å²) in [6.45, 7) is 0.973. The van der Waals surface area contributed by atoms with Gasteiger partial charge in [-0.25, -0.2) is 4.79 Å². The summed E-state index contributed by atoms with van der Waals surface area (Å²) in [5, 5.41) is 6.31. The Hall–Kier alpha value is -3.32. The molecule has 1 heterocycles. The van der Waals surface area contributed by atoms with E-state index in [0.29, 0.717) is 16.3 Å². The van der Waals surface area contributed by atoms with E-state index in [1.165, 1.54) is 6.07 Å². The Kier molecular flexibility index (Phi) is 5.96. The molecule has 0 radical (unpaired) electrons. The predicted molar refractivity (Wildman–Crippen MR) is 104 cm³/mol. The minimum atomic E-state index is -0.759. The summed E-state index contributed by atoms with van der Waals surface area (Å²) in [6.07, 6.45) is 0. The van der Waals surface area contributed by atoms with E-state index in [4.69, 9.17) is 20.8 Å². The Morgan fingerprint density at radius 3 is 2.64 bits per heavy atom. The van der Waals surface area contributed by atoms with Crippen LogP contribution in [0.5, 0.6) is 0 Å². The number of furan rings is 1. The van der Waals surface area contributed by atoms with Gasteiger partial charge in [-0.3, -0.25) is 9.59 Å². The first kappa shape index (κ1) is 19.4. The van der Waals surface area contributed by atoms with Crippen molar-refractivity contribution in [3.8, 4) is 0 Å². The van der Waals surface area contributed by atoms with Crippen molar-refractivity contribution in [2.24, 2.45) is 0 Å². The van der Waals surface area contributed by atoms with Crippen LogP contribution in [0, 0.1) is 6.92 Å². The number of halogens is 1. The van der Waals surface area contributed by atoms with Gasteiger partial charge in [0.2, 0.25) is 11.7 Å². The van der Waals surface area contributed by atoms with Crippen LogP contribution in [-0.2, 0) is 14.3 Å². The molecular weight excluding hydrogens is 384 g/mol. The van der Waals surface area contributed by atoms with Crippen molar-refractivity contribution in [3.05, 3.63) is 64.9 Å². The third-order valence-corrected chi connectivity index (χ3v) is 4.36. The Balaban J connectivity index is 1.45. The number of fused-ring (bicyclic) bond motifs is 1. The Morgan fingerprint density at radius 2 is 1.86 bits per heavy atom. The first-order valence-corrected chi connectivity index (χ1v) is 8.79. The lowest BCUT2D eigenvalue weighted by Gasteiger charge is -2.10. The molecule has 144 valence electrons. The lowest BCUT2D eigenvalue weighted by atomic mass is 10.2. The van der Waals surface area contributed by atoms with E-state index in [2.05, 4.69) is 10.6 Å². The molecule has 0 aliphatic heterocycles. The van der Waals surface area contributed by atoms with E-state index >= 15 is 0 Å². The number of para-hydroxylation sites is 1. The maximum Gasteiger partial charge on any atom is 0.374 e. The Labute approximate surface area is 165 Å². The largest absolute Gasteiger partial charge is 0.450 e. The van der Waals surface area contributed by atoms with Crippen LogP contribution in [0.15, 0.2) is 52.9 Å². The molecule has 2 amide bonds. The molecule has 3 aromatic rings. The molecule has 0 aliphatic carbocycles. The van der Waals surface area contributed by atoms with Crippen molar-refractivity contribution in [2.75, 3.05) is 18.5 Å². The number of rotatable bonds is 6. The summed E-state index contributed by atoms with van der Waals surface area (Å²) in [6, 6.07) is 13.8. The molecule has 0 saturated carbocycles. The van der Waals surface area contributed by atoms with Crippen molar-refractivity contribution in [1.29, 1.82) is 0 Å². The fourth-order valence-electron chi connectivity index (χ4n) is 2.45. The molecular formula is C20H17ClN2O5. The van der Waals surface area contributed by atoms with Gasteiger partial charge in [0.1, 0.15) is 5.58 Å². The predicted octanol–water partition coefficient (Wildman–Crippen LogP) is 3.31. The average molecular weight is 401 g/mol. The first-order chi connectivity index (χ1) is 13.4. The van der Waals surface area contributed by atoms with E-state index in [0.717, 1.165) is 10.9 Å². The summed E-state index contributed by atoms with van der Waals surface area (Å²) in [5.74, 6) is -1.79. The van der Waals surface area contributed by atoms with Crippen LogP contribution in [0.2, 0.25) is 5.02 Å². The third-order valence-electron chi connectivity index (χ3n) is 3.95. The fraction of sp³-hybridized carbons (Fsp3) is 0.150. The number of hydrogen-bond acceptors (Lipinski definition) is 5. The topological polar surface area (TPSA) is 97.6 Å². The number of carbonyl (C=O) groups is 3. The smallest absolute Gasteiger partial charge is 0.374 e. The van der Waals surface area contributed by atoms with E-state index in [1.807, 2.05) is 6.07 Å². The van der Waals surface area contributed by atoms with Gasteiger partial charge in [0.15, 0.2) is 6.61 Å². The van der Waals surface area contributed by atoms with Crippen molar-refractivity contribution < 1.29 is 23.5 Å². The quantitative estimate of drug-likeness (QED) is 0.618. The second-order valence-corrected chi connectivity index (χ2v) is 6.37. The number of anilines is 1. The monoisotopic (exact) mass is 400 g/mol. The molecule has 3 rings (SSSR count). The number of carbonyl (C=O) groups excluding carboxylic acids is 3. The zero-order valence-electron chi connectivity index (χ0n) is 15.0. The highest BCUT2D eigenvalue weighted by Gasteiger charge is 2.16. The van der Waals surface area contributed by atoms with Gasteiger partial charge in [-0.2, -0.15) is 0 Å². The Morgan fingerprint density at radius 1 is 1.07 bits per heavy atom. The molecule has 0 spiro atoms. The molecule has 1 aromatic heterocycles. The number of hydrogen-bond donors (Lipinski definition) is 2. The standard InChI is InChI=1S/C20H17ClN2O5/c1-12-14(21)6-4-7-15(12)23-18(24)10-22-19(25)11-27-20(26)17-9-13-5-2-3-8-16(13)28-17/h2-9H,10-11H2,1H3,(H,22,25)(H,23,24). The SMILES string of the molecule is Cc1c(Cl)cccc1NC(=O)CNC(=O)COC(=O)c1cc2ccccc2o1. The molecule has 7 nitrogen and oxygen atoms in total. The molecule has 28 heavy (non-hydrogen) atoms. The minimum Gasteiger partial charge on any atom is -0.450 e. The summed E-state index contributed by atoms with van der Waals surface area (Å²) in [7, 11) is 0. The van der Waals surface area contributed by atoms with E-state index < -0.39 is 24.4 Å². The fourth-order valence-corrected chi connectivity index (χ4v) is 2.63. The van der Waals surface area contributed by atoms with Crippen LogP contribution in [0.1, 0.15) is 16.1 Å². The van der Waals surface area contributed by atoms with E-state index in [9.17, 15) is 14.4 Å². The normalized spacial score (nSPS) is 10.5. The Bertz CT molecular complexity index is 1010. The highest BCUT2D eigenvalue weighted by Crippen LogP contribution is 2.22. The zero-order valence-corrected chi connectivity index (χ0v) is 15.7. The highest BCUT2D eigenvalue weighted by atomic mass is 35.5. The van der Waals surface area contributed by atoms with Gasteiger partial charge in [0, 0.05) is 16.1 Å². The molecule has 0 aliphatic rings. The van der Waals surface area contributed by atoms with Crippen molar-refractivity contribution in [1.82, 2.24) is 5.32 Å². The van der Waals surface area contributed by atoms with E-state index in [1.54, 1.807) is 43.3 Å². The van der Waals surface area contributed by atoms with Gasteiger partial charge < -0.3 is 19.8 Å². The zero-order chi connectivity index (χ0) is 20.1. The molecule has 2 aromatic carbocycles. The number of ether oxygens (including phenoxy) is 1. The molecule has 8 heteroatoms. The summed E-state index contributed by atoms with van der Waals surface area (Å²) < 4.78 is 10.3. The van der Waals surface area contributed by atoms with Gasteiger partial charge in [-0.05, 0) is 36.8 Å². The number of esters is 1. The van der Waals surface area contributed by atoms with Gasteiger partial charge >= 0.3 is 5.97 Å². The van der Waals surface area contributed by atoms with Crippen LogP contribution >= 0.6 is 11.6 Å². The van der Waals surface area contributed by atoms with Crippen LogP contribution in [-0.4, -0.2) is 30.9 Å². The van der Waals surface area contributed by atoms with Crippen LogP contribution in [0.3, 0.4) is 0 Å². The maximum atomic E-state index is 12.0. The average Bonchev–Trinajstić information content (AvgIpc) is 3.12. The van der Waals surface area contributed by atoms with Crippen LogP contribution in [0.4, 0.5) is 5.69 Å². The molecule has 0 saturated heterocycles. The van der Waals surface area contributed by atoms with Crippen LogP contribution in [0.25, 0.3) is 11.0 Å². The van der Waals surface area contributed by atoms with Gasteiger partial charge in [-0.1, -0.05) is 35.9 Å². The molecule has 0 fully saturated rings. The van der Waals surface area contributed by atoms with E-state index in [-0.39, 0.29) is 12.3 Å². The first-order valence-electron chi connectivity index (χ1n) is 8.41. The highest BCUT2D eigenvalue weighted by molar-refractivity contribution is 6.31. The molecule has 2 N–H and O–H groups in total. The van der Waals surface area contributed by atoms with Crippen LogP contribution < -0.4 is 10.6 Å². The maximum absolute atomic E-state index is 12.0. The third kappa shape index (κ3) is 4.69. The lowest BCUT2D eigenvalue weighted by molar-refractivity contribution is -0.126. The summed E-state index contributed by atoms with van der Waals surface area (Å²) in [5.41, 5.74) is 1.83. The van der Waals surface area contributed by atoms with Gasteiger partial charge in [0.05, 0.1) is 6.54 Å². The van der Waals surface area contributed by atoms with Crippen molar-refractivity contribution >= 4 is 46.0 Å². The number of benzene rings is 2. The minimum absolute atomic E-state index is 0.00294. The van der Waals surface area contributed by atoms with Gasteiger partial charge in [-0.15, -0.1) is 0 Å². The second kappa shape index (κ2) is 8.58. The lowest BCUT2D eigenvalue weighted by Crippen LogP contribution is -2.35. The van der Waals surface area contributed by atoms with Crippen molar-refractivity contribution in [3.63, 3.8) is 0 Å². The van der Waals surface area contributed by atoms with Crippen molar-refractivity contribution in [2.45, 2.75) is 6.92 Å². The molecule has 0 bridgehead atoms. The number of nitrogens with one attached hydrogen (secondary N) is 2. The van der Waals surface area contributed by atoms with Gasteiger partial charge in [0.25, 0.3) is 5.91 Å². The summed E-state index contributed by atoms with van der Waals surface area (Å²) >= 11 is 5.99.